The van der Waals surface area contributed by atoms with Gasteiger partial charge in [-0.25, -0.2) is 9.59 Å². The molecule has 2 unspecified atom stereocenters. The van der Waals surface area contributed by atoms with Crippen molar-refractivity contribution >= 4 is 11.9 Å². The van der Waals surface area contributed by atoms with E-state index in [0.717, 1.165) is 17.5 Å². The maximum atomic E-state index is 11.5. The third kappa shape index (κ3) is 3.99. The van der Waals surface area contributed by atoms with Gasteiger partial charge >= 0.3 is 11.9 Å². The summed E-state index contributed by atoms with van der Waals surface area (Å²) in [5.41, 5.74) is 3.57. The number of carbonyl (C=O) groups is 2. The Balaban J connectivity index is 1.35. The predicted octanol–water partition coefficient (Wildman–Crippen LogP) is 5.73. The highest BCUT2D eigenvalue weighted by molar-refractivity contribution is 5.95. The lowest BCUT2D eigenvalue weighted by molar-refractivity contribution is -0.110. The first-order valence-electron chi connectivity index (χ1n) is 11.8. The molecule has 4 bridgehead atoms. The molecular weight excluding hydrogens is 424 g/mol. The zero-order valence-electron chi connectivity index (χ0n) is 19.6. The quantitative estimate of drug-likeness (QED) is 0.583. The van der Waals surface area contributed by atoms with Crippen molar-refractivity contribution < 1.29 is 19.8 Å². The van der Waals surface area contributed by atoms with Crippen LogP contribution in [0.25, 0.3) is 0 Å². The third-order valence-corrected chi connectivity index (χ3v) is 8.09. The summed E-state index contributed by atoms with van der Waals surface area (Å²) < 4.78 is 0. The summed E-state index contributed by atoms with van der Waals surface area (Å²) in [6, 6.07) is 12.5. The fraction of sp³-hybridized carbons (Fsp3) is 0.400. The van der Waals surface area contributed by atoms with Gasteiger partial charge in [-0.05, 0) is 108 Å². The Morgan fingerprint density at radius 1 is 0.824 bits per heavy atom. The fourth-order valence-electron chi connectivity index (χ4n) is 7.84. The molecule has 2 aromatic carbocycles. The number of carboxylic acid groups (broad SMARTS) is 2. The second-order valence-electron chi connectivity index (χ2n) is 11.4. The van der Waals surface area contributed by atoms with Gasteiger partial charge in [0.15, 0.2) is 0 Å². The number of aromatic carboxylic acids is 2. The Morgan fingerprint density at radius 3 is 2.06 bits per heavy atom. The average molecular weight is 453 g/mol. The molecule has 2 aromatic rings. The molecule has 0 aromatic heterocycles. The topological polar surface area (TPSA) is 74.6 Å². The van der Waals surface area contributed by atoms with E-state index in [1.165, 1.54) is 56.2 Å². The van der Waals surface area contributed by atoms with E-state index in [2.05, 4.69) is 61.8 Å². The highest BCUT2D eigenvalue weighted by Gasteiger charge is 2.60. The van der Waals surface area contributed by atoms with Crippen molar-refractivity contribution in [3.8, 4) is 23.7 Å². The summed E-state index contributed by atoms with van der Waals surface area (Å²) in [6.45, 7) is 4.99. The molecule has 2 atom stereocenters. The Bertz CT molecular complexity index is 1290. The van der Waals surface area contributed by atoms with E-state index in [1.807, 2.05) is 0 Å². The minimum Gasteiger partial charge on any atom is -0.478 e. The normalized spacial score (nSPS) is 30.6. The SMILES string of the molecule is CC12CC3CC(C)(C1)CC(c1ccc(C#CC#Cc4ccc(C(=O)O)cc4C(=O)O)cc1)(C3)C2. The molecule has 0 radical (unpaired) electrons. The highest BCUT2D eigenvalue weighted by atomic mass is 16.4. The molecule has 0 spiro atoms. The molecule has 4 saturated carbocycles. The molecular formula is C30H28O4. The molecule has 4 aliphatic rings. The van der Waals surface area contributed by atoms with E-state index in [-0.39, 0.29) is 16.7 Å². The fourth-order valence-corrected chi connectivity index (χ4v) is 7.84. The van der Waals surface area contributed by atoms with E-state index in [9.17, 15) is 14.7 Å². The molecule has 172 valence electrons. The molecule has 0 heterocycles. The lowest BCUT2D eigenvalue weighted by Gasteiger charge is -2.65. The van der Waals surface area contributed by atoms with E-state index in [4.69, 9.17) is 5.11 Å². The van der Waals surface area contributed by atoms with Gasteiger partial charge in [-0.1, -0.05) is 37.8 Å². The van der Waals surface area contributed by atoms with Crippen LogP contribution in [0, 0.1) is 40.4 Å². The Labute approximate surface area is 200 Å². The maximum Gasteiger partial charge on any atom is 0.336 e. The number of hydrogen-bond acceptors (Lipinski definition) is 2. The summed E-state index contributed by atoms with van der Waals surface area (Å²) >= 11 is 0. The van der Waals surface area contributed by atoms with Crippen molar-refractivity contribution in [2.75, 3.05) is 0 Å². The van der Waals surface area contributed by atoms with Gasteiger partial charge in [0.1, 0.15) is 0 Å². The van der Waals surface area contributed by atoms with E-state index < -0.39 is 11.9 Å². The van der Waals surface area contributed by atoms with Gasteiger partial charge in [0, 0.05) is 11.1 Å². The van der Waals surface area contributed by atoms with Crippen LogP contribution < -0.4 is 0 Å². The lowest BCUT2D eigenvalue weighted by atomic mass is 9.39. The van der Waals surface area contributed by atoms with Crippen LogP contribution in [0.3, 0.4) is 0 Å². The van der Waals surface area contributed by atoms with Gasteiger partial charge in [0.2, 0.25) is 0 Å². The van der Waals surface area contributed by atoms with E-state index >= 15 is 0 Å². The lowest BCUT2D eigenvalue weighted by Crippen LogP contribution is -2.56. The van der Waals surface area contributed by atoms with Crippen molar-refractivity contribution in [1.82, 2.24) is 0 Å². The molecule has 34 heavy (non-hydrogen) atoms. The van der Waals surface area contributed by atoms with Crippen molar-refractivity contribution in [1.29, 1.82) is 0 Å². The van der Waals surface area contributed by atoms with E-state index in [1.54, 1.807) is 0 Å². The second kappa shape index (κ2) is 7.78. The number of rotatable bonds is 3. The summed E-state index contributed by atoms with van der Waals surface area (Å²) in [4.78, 5) is 22.5. The van der Waals surface area contributed by atoms with Crippen LogP contribution >= 0.6 is 0 Å². The molecule has 4 aliphatic carbocycles. The van der Waals surface area contributed by atoms with Crippen LogP contribution in [-0.2, 0) is 5.41 Å². The smallest absolute Gasteiger partial charge is 0.336 e. The molecule has 0 amide bonds. The van der Waals surface area contributed by atoms with Crippen LogP contribution in [0.5, 0.6) is 0 Å². The first-order chi connectivity index (χ1) is 16.1. The second-order valence-corrected chi connectivity index (χ2v) is 11.4. The zero-order valence-corrected chi connectivity index (χ0v) is 19.6. The van der Waals surface area contributed by atoms with Gasteiger partial charge in [-0.3, -0.25) is 0 Å². The van der Waals surface area contributed by atoms with Crippen LogP contribution in [0.1, 0.15) is 89.8 Å². The average Bonchev–Trinajstić information content (AvgIpc) is 2.74. The number of hydrogen-bond donors (Lipinski definition) is 2. The highest BCUT2D eigenvalue weighted by Crippen LogP contribution is 2.69. The maximum absolute atomic E-state index is 11.5. The molecule has 2 N–H and O–H groups in total. The molecule has 0 saturated heterocycles. The van der Waals surface area contributed by atoms with Crippen molar-refractivity contribution in [2.45, 2.75) is 57.8 Å². The van der Waals surface area contributed by atoms with Gasteiger partial charge in [-0.2, -0.15) is 0 Å². The molecule has 0 aliphatic heterocycles. The summed E-state index contributed by atoms with van der Waals surface area (Å²) in [7, 11) is 0. The molecule has 4 heteroatoms. The van der Waals surface area contributed by atoms with Crippen molar-refractivity contribution in [3.63, 3.8) is 0 Å². The van der Waals surface area contributed by atoms with Gasteiger partial charge in [0.25, 0.3) is 0 Å². The standard InChI is InChI=1S/C30H28O4/c1-28-14-21-15-29(2,17-28)19-30(16-21,18-28)24-11-7-20(8-12-24)5-3-4-6-22-9-10-23(26(31)32)13-25(22)27(33)34/h7-13,21H,14-19H2,1-2H3,(H,31,32)(H,33,34). The minimum atomic E-state index is -1.22. The van der Waals surface area contributed by atoms with Crippen molar-refractivity contribution in [2.24, 2.45) is 16.7 Å². The Kier molecular flexibility index (Phi) is 5.10. The molecule has 4 fully saturated rings. The first-order valence-corrected chi connectivity index (χ1v) is 11.8. The van der Waals surface area contributed by atoms with Gasteiger partial charge in [0.05, 0.1) is 11.1 Å². The summed E-state index contributed by atoms with van der Waals surface area (Å²) in [6.07, 6.45) is 8.01. The number of carboxylic acids is 2. The Hall–Kier alpha value is -3.50. The Morgan fingerprint density at radius 2 is 1.47 bits per heavy atom. The van der Waals surface area contributed by atoms with Crippen LogP contribution in [0.4, 0.5) is 0 Å². The van der Waals surface area contributed by atoms with Crippen LogP contribution in [-0.4, -0.2) is 22.2 Å². The largest absolute Gasteiger partial charge is 0.478 e. The minimum absolute atomic E-state index is 0.0869. The van der Waals surface area contributed by atoms with Crippen LogP contribution in [0.2, 0.25) is 0 Å². The van der Waals surface area contributed by atoms with E-state index in [0.29, 0.717) is 16.2 Å². The predicted molar refractivity (Wildman–Crippen MR) is 130 cm³/mol. The third-order valence-electron chi connectivity index (χ3n) is 8.09. The van der Waals surface area contributed by atoms with Gasteiger partial charge < -0.3 is 10.2 Å². The zero-order chi connectivity index (χ0) is 24.1. The van der Waals surface area contributed by atoms with Crippen molar-refractivity contribution in [3.05, 3.63) is 70.3 Å². The number of benzene rings is 2. The van der Waals surface area contributed by atoms with Gasteiger partial charge in [-0.15, -0.1) is 0 Å². The molecule has 6 rings (SSSR count). The monoisotopic (exact) mass is 452 g/mol. The van der Waals surface area contributed by atoms with Crippen LogP contribution in [0.15, 0.2) is 42.5 Å². The summed E-state index contributed by atoms with van der Waals surface area (Å²) in [5, 5.41) is 18.4. The first kappa shape index (κ1) is 22.3. The molecule has 4 nitrogen and oxygen atoms in total. The summed E-state index contributed by atoms with van der Waals surface area (Å²) in [5.74, 6) is 9.74.